The van der Waals surface area contributed by atoms with Crippen molar-refractivity contribution in [1.82, 2.24) is 4.90 Å². The first-order chi connectivity index (χ1) is 14.4. The summed E-state index contributed by atoms with van der Waals surface area (Å²) in [7, 11) is 0. The number of rotatable bonds is 5. The van der Waals surface area contributed by atoms with Gasteiger partial charge in [0.05, 0.1) is 0 Å². The summed E-state index contributed by atoms with van der Waals surface area (Å²) in [6.07, 6.45) is 2.17. The van der Waals surface area contributed by atoms with Crippen LogP contribution < -0.4 is 10.2 Å². The number of thioether (sulfide) groups is 2. The van der Waals surface area contributed by atoms with Crippen LogP contribution in [0, 0.1) is 13.8 Å². The predicted molar refractivity (Wildman–Crippen MR) is 125 cm³/mol. The number of nitrogens with zero attached hydrogens (tertiary/aromatic N) is 3. The number of carbonyl (C=O) groups is 2. The van der Waals surface area contributed by atoms with Crippen LogP contribution in [0.1, 0.15) is 17.5 Å². The number of benzene rings is 2. The van der Waals surface area contributed by atoms with Gasteiger partial charge in [-0.05, 0) is 49.9 Å². The third kappa shape index (κ3) is 4.34. The minimum Gasteiger partial charge on any atom is -0.334 e. The number of hydrogen-bond acceptors (Lipinski definition) is 6. The Labute approximate surface area is 185 Å². The number of anilines is 2. The lowest BCUT2D eigenvalue weighted by molar-refractivity contribution is -0.128. The average Bonchev–Trinajstić information content (AvgIpc) is 3.05. The molecule has 2 aromatic rings. The molecule has 0 radical (unpaired) electrons. The first kappa shape index (κ1) is 20.8. The lowest BCUT2D eigenvalue weighted by Gasteiger charge is -2.32. The molecule has 0 aliphatic carbocycles. The third-order valence-corrected chi connectivity index (χ3v) is 7.09. The van der Waals surface area contributed by atoms with Gasteiger partial charge in [0.25, 0.3) is 0 Å². The lowest BCUT2D eigenvalue weighted by Crippen LogP contribution is -2.46. The van der Waals surface area contributed by atoms with Crippen molar-refractivity contribution >= 4 is 51.9 Å². The zero-order chi connectivity index (χ0) is 21.3. The Balaban J connectivity index is 1.40. The molecule has 1 N–H and O–H groups in total. The molecule has 4 rings (SSSR count). The van der Waals surface area contributed by atoms with E-state index in [0.29, 0.717) is 18.5 Å². The number of nitrogens with one attached hydrogen (secondary N) is 1. The molecule has 1 fully saturated rings. The summed E-state index contributed by atoms with van der Waals surface area (Å²) in [5.74, 6) is -0.210. The van der Waals surface area contributed by atoms with E-state index in [1.807, 2.05) is 50.4 Å². The largest absolute Gasteiger partial charge is 0.334 e. The molecule has 0 unspecified atom stereocenters. The predicted octanol–water partition coefficient (Wildman–Crippen LogP) is 4.09. The van der Waals surface area contributed by atoms with Gasteiger partial charge in [-0.25, -0.2) is 4.99 Å². The number of fused-ring (bicyclic) bond motifs is 1. The molecule has 0 spiro atoms. The Morgan fingerprint density at radius 1 is 1.27 bits per heavy atom. The van der Waals surface area contributed by atoms with Crippen LogP contribution in [-0.2, 0) is 9.59 Å². The third-order valence-electron chi connectivity index (χ3n) is 5.15. The fourth-order valence-electron chi connectivity index (χ4n) is 3.55. The van der Waals surface area contributed by atoms with E-state index in [2.05, 4.69) is 27.3 Å². The second-order valence-corrected chi connectivity index (χ2v) is 9.46. The molecule has 156 valence electrons. The van der Waals surface area contributed by atoms with Gasteiger partial charge < -0.3 is 10.2 Å². The van der Waals surface area contributed by atoms with Crippen LogP contribution in [0.15, 0.2) is 52.4 Å². The molecule has 30 heavy (non-hydrogen) atoms. The Hall–Kier alpha value is -2.45. The van der Waals surface area contributed by atoms with Crippen LogP contribution >= 0.6 is 23.5 Å². The Morgan fingerprint density at radius 2 is 2.10 bits per heavy atom. The SMILES string of the molecule is CSc1cccc(N2CN=C3S[C@@H](CC(=O)Nc4ccc(C)cc4C)C(=O)N3C2)c1. The highest BCUT2D eigenvalue weighted by molar-refractivity contribution is 8.15. The molecule has 2 aliphatic heterocycles. The summed E-state index contributed by atoms with van der Waals surface area (Å²) >= 11 is 3.07. The second kappa shape index (κ2) is 8.73. The van der Waals surface area contributed by atoms with Crippen LogP contribution in [0.5, 0.6) is 0 Å². The Morgan fingerprint density at radius 3 is 2.87 bits per heavy atom. The van der Waals surface area contributed by atoms with E-state index >= 15 is 0 Å². The number of carbonyl (C=O) groups excluding carboxylic acids is 2. The van der Waals surface area contributed by atoms with Gasteiger partial charge >= 0.3 is 0 Å². The van der Waals surface area contributed by atoms with Crippen LogP contribution in [0.4, 0.5) is 11.4 Å². The van der Waals surface area contributed by atoms with Crippen LogP contribution in [0.3, 0.4) is 0 Å². The van der Waals surface area contributed by atoms with Gasteiger partial charge in [-0.3, -0.25) is 14.5 Å². The van der Waals surface area contributed by atoms with Crippen LogP contribution in [0.2, 0.25) is 0 Å². The first-order valence-electron chi connectivity index (χ1n) is 9.73. The minimum absolute atomic E-state index is 0.0553. The van der Waals surface area contributed by atoms with E-state index in [0.717, 1.165) is 22.5 Å². The highest BCUT2D eigenvalue weighted by Gasteiger charge is 2.41. The zero-order valence-electron chi connectivity index (χ0n) is 17.2. The standard InChI is InChI=1S/C22H24N4O2S2/c1-14-7-8-18(15(2)9-14)24-20(27)11-19-21(28)26-13-25(12-23-22(26)30-19)16-5-4-6-17(10-16)29-3/h4-10,19H,11-13H2,1-3H3,(H,24,27)/t19-/m0/s1. The van der Waals surface area contributed by atoms with Gasteiger partial charge in [0.15, 0.2) is 5.17 Å². The number of amidine groups is 1. The number of amides is 2. The van der Waals surface area contributed by atoms with Gasteiger partial charge in [0, 0.05) is 22.7 Å². The minimum atomic E-state index is -0.438. The molecule has 0 bridgehead atoms. The van der Waals surface area contributed by atoms with E-state index in [-0.39, 0.29) is 18.2 Å². The first-order valence-corrected chi connectivity index (χ1v) is 11.8. The lowest BCUT2D eigenvalue weighted by atomic mass is 10.1. The van der Waals surface area contributed by atoms with Crippen molar-refractivity contribution in [3.05, 3.63) is 53.6 Å². The molecular formula is C22H24N4O2S2. The van der Waals surface area contributed by atoms with Crippen molar-refractivity contribution in [3.63, 3.8) is 0 Å². The quantitative estimate of drug-likeness (QED) is 0.710. The summed E-state index contributed by atoms with van der Waals surface area (Å²) in [6.45, 7) is 4.95. The maximum absolute atomic E-state index is 13.0. The van der Waals surface area contributed by atoms with Crippen molar-refractivity contribution < 1.29 is 9.59 Å². The van der Waals surface area contributed by atoms with E-state index in [9.17, 15) is 9.59 Å². The van der Waals surface area contributed by atoms with Gasteiger partial charge in [-0.1, -0.05) is 35.5 Å². The molecule has 2 aromatic carbocycles. The number of hydrogen-bond donors (Lipinski definition) is 1. The van der Waals surface area contributed by atoms with Gasteiger partial charge in [-0.15, -0.1) is 11.8 Å². The Bertz CT molecular complexity index is 1020. The van der Waals surface area contributed by atoms with Crippen LogP contribution in [0.25, 0.3) is 0 Å². The van der Waals surface area contributed by atoms with Crippen molar-refractivity contribution in [2.75, 3.05) is 29.8 Å². The smallest absolute Gasteiger partial charge is 0.244 e. The van der Waals surface area contributed by atoms with Gasteiger partial charge in [0.2, 0.25) is 11.8 Å². The van der Waals surface area contributed by atoms with E-state index in [1.54, 1.807) is 16.7 Å². The molecular weight excluding hydrogens is 416 g/mol. The maximum atomic E-state index is 13.0. The molecule has 6 nitrogen and oxygen atoms in total. The normalized spacial score (nSPS) is 18.3. The summed E-state index contributed by atoms with van der Waals surface area (Å²) in [5, 5.41) is 3.21. The van der Waals surface area contributed by atoms with Crippen molar-refractivity contribution in [3.8, 4) is 0 Å². The van der Waals surface area contributed by atoms with E-state index in [1.165, 1.54) is 16.7 Å². The van der Waals surface area contributed by atoms with E-state index < -0.39 is 5.25 Å². The van der Waals surface area contributed by atoms with Gasteiger partial charge in [-0.2, -0.15) is 0 Å². The summed E-state index contributed by atoms with van der Waals surface area (Å²) in [5.41, 5.74) is 3.99. The maximum Gasteiger partial charge on any atom is 0.244 e. The fraction of sp³-hybridized carbons (Fsp3) is 0.318. The fourth-order valence-corrected chi connectivity index (χ4v) is 5.12. The average molecular weight is 441 g/mol. The summed E-state index contributed by atoms with van der Waals surface area (Å²) in [6, 6.07) is 14.1. The molecule has 2 aliphatic rings. The molecule has 2 amide bonds. The number of aliphatic imine (C=N–C) groups is 1. The summed E-state index contributed by atoms with van der Waals surface area (Å²) in [4.78, 5) is 35.0. The zero-order valence-corrected chi connectivity index (χ0v) is 18.8. The molecule has 2 heterocycles. The highest BCUT2D eigenvalue weighted by atomic mass is 32.2. The molecule has 8 heteroatoms. The van der Waals surface area contributed by atoms with Crippen molar-refractivity contribution in [1.29, 1.82) is 0 Å². The summed E-state index contributed by atoms with van der Waals surface area (Å²) < 4.78 is 0. The van der Waals surface area contributed by atoms with E-state index in [4.69, 9.17) is 0 Å². The van der Waals surface area contributed by atoms with Crippen molar-refractivity contribution in [2.45, 2.75) is 30.4 Å². The molecule has 1 atom stereocenters. The molecule has 0 saturated carbocycles. The second-order valence-electron chi connectivity index (χ2n) is 7.41. The molecule has 0 aromatic heterocycles. The number of aryl methyl sites for hydroxylation is 2. The highest BCUT2D eigenvalue weighted by Crippen LogP contribution is 2.33. The molecule has 1 saturated heterocycles. The Kier molecular flexibility index (Phi) is 6.06. The topological polar surface area (TPSA) is 65.0 Å². The van der Waals surface area contributed by atoms with Gasteiger partial charge in [0.1, 0.15) is 18.6 Å². The van der Waals surface area contributed by atoms with Crippen molar-refractivity contribution in [2.24, 2.45) is 4.99 Å². The van der Waals surface area contributed by atoms with Crippen LogP contribution in [-0.4, -0.2) is 46.7 Å². The monoisotopic (exact) mass is 440 g/mol.